The molecule has 1 heterocycles. The van der Waals surface area contributed by atoms with Crippen LogP contribution in [0.5, 0.6) is 0 Å². The third kappa shape index (κ3) is 2.29. The first kappa shape index (κ1) is 11.1. The van der Waals surface area contributed by atoms with Gasteiger partial charge in [-0.3, -0.25) is 0 Å². The van der Waals surface area contributed by atoms with Crippen molar-refractivity contribution in [2.75, 3.05) is 6.61 Å². The summed E-state index contributed by atoms with van der Waals surface area (Å²) in [6.07, 6.45) is 5.22. The number of hydrogen-bond acceptors (Lipinski definition) is 3. The molecule has 0 radical (unpaired) electrons. The van der Waals surface area contributed by atoms with Gasteiger partial charge in [0.2, 0.25) is 0 Å². The van der Waals surface area contributed by atoms with Crippen molar-refractivity contribution < 1.29 is 14.3 Å². The van der Waals surface area contributed by atoms with Crippen LogP contribution in [-0.2, 0) is 9.53 Å². The zero-order valence-corrected chi connectivity index (χ0v) is 8.59. The van der Waals surface area contributed by atoms with Gasteiger partial charge in [0.05, 0.1) is 12.2 Å². The van der Waals surface area contributed by atoms with Gasteiger partial charge in [-0.25, -0.2) is 9.59 Å². The monoisotopic (exact) mass is 208 g/mol. The van der Waals surface area contributed by atoms with Crippen molar-refractivity contribution in [1.82, 2.24) is 10.6 Å². The van der Waals surface area contributed by atoms with E-state index in [1.54, 1.807) is 13.8 Å². The van der Waals surface area contributed by atoms with E-state index < -0.39 is 18.0 Å². The van der Waals surface area contributed by atoms with Crippen LogP contribution in [0.25, 0.3) is 0 Å². The van der Waals surface area contributed by atoms with Crippen LogP contribution in [-0.4, -0.2) is 24.6 Å². The minimum Gasteiger partial charge on any atom is -0.462 e. The van der Waals surface area contributed by atoms with Gasteiger partial charge in [0.25, 0.3) is 0 Å². The number of carbonyl (C=O) groups is 2. The Kier molecular flexibility index (Phi) is 3.34. The van der Waals surface area contributed by atoms with E-state index in [4.69, 9.17) is 11.2 Å². The molecule has 1 aliphatic rings. The first-order valence-electron chi connectivity index (χ1n) is 4.51. The average Bonchev–Trinajstić information content (AvgIpc) is 2.16. The molecule has 0 saturated carbocycles. The molecule has 0 aromatic carbocycles. The quantitative estimate of drug-likeness (QED) is 0.501. The van der Waals surface area contributed by atoms with Gasteiger partial charge < -0.3 is 15.4 Å². The van der Waals surface area contributed by atoms with Crippen LogP contribution in [0.4, 0.5) is 4.79 Å². The van der Waals surface area contributed by atoms with Gasteiger partial charge >= 0.3 is 12.0 Å². The fourth-order valence-corrected chi connectivity index (χ4v) is 1.30. The van der Waals surface area contributed by atoms with E-state index in [0.717, 1.165) is 0 Å². The van der Waals surface area contributed by atoms with Gasteiger partial charge in [-0.1, -0.05) is 5.92 Å². The van der Waals surface area contributed by atoms with Gasteiger partial charge in [-0.05, 0) is 13.8 Å². The molecule has 1 aliphatic heterocycles. The highest BCUT2D eigenvalue weighted by Crippen LogP contribution is 2.13. The minimum absolute atomic E-state index is 0.265. The van der Waals surface area contributed by atoms with Gasteiger partial charge in [0.15, 0.2) is 0 Å². The highest BCUT2D eigenvalue weighted by molar-refractivity contribution is 5.95. The van der Waals surface area contributed by atoms with E-state index >= 15 is 0 Å². The van der Waals surface area contributed by atoms with Crippen LogP contribution < -0.4 is 10.6 Å². The second kappa shape index (κ2) is 4.51. The fraction of sp³-hybridized carbons (Fsp3) is 0.400. The molecule has 0 saturated heterocycles. The second-order valence-corrected chi connectivity index (χ2v) is 2.96. The third-order valence-electron chi connectivity index (χ3n) is 1.93. The molecule has 1 rings (SSSR count). The Morgan fingerprint density at radius 1 is 1.67 bits per heavy atom. The molecule has 0 spiro atoms. The lowest BCUT2D eigenvalue weighted by molar-refractivity contribution is -0.138. The lowest BCUT2D eigenvalue weighted by atomic mass is 10.0. The molecule has 5 heteroatoms. The zero-order chi connectivity index (χ0) is 11.4. The van der Waals surface area contributed by atoms with Gasteiger partial charge in [-0.2, -0.15) is 0 Å². The van der Waals surface area contributed by atoms with E-state index in [2.05, 4.69) is 16.6 Å². The topological polar surface area (TPSA) is 67.4 Å². The summed E-state index contributed by atoms with van der Waals surface area (Å²) in [7, 11) is 0. The highest BCUT2D eigenvalue weighted by atomic mass is 16.5. The molecular weight excluding hydrogens is 196 g/mol. The summed E-state index contributed by atoms with van der Waals surface area (Å²) in [5, 5.41) is 4.91. The lowest BCUT2D eigenvalue weighted by Gasteiger charge is -2.23. The van der Waals surface area contributed by atoms with Crippen LogP contribution in [0.1, 0.15) is 13.8 Å². The Balaban J connectivity index is 3.00. The number of amides is 2. The number of carbonyl (C=O) groups excluding carboxylic acids is 2. The maximum absolute atomic E-state index is 11.5. The summed E-state index contributed by atoms with van der Waals surface area (Å²) in [6.45, 7) is 3.57. The van der Waals surface area contributed by atoms with E-state index in [1.807, 2.05) is 0 Å². The smallest absolute Gasteiger partial charge is 0.338 e. The number of rotatable bonds is 2. The van der Waals surface area contributed by atoms with E-state index in [0.29, 0.717) is 5.70 Å². The van der Waals surface area contributed by atoms with E-state index in [1.165, 1.54) is 0 Å². The molecule has 2 amide bonds. The van der Waals surface area contributed by atoms with E-state index in [-0.39, 0.29) is 12.2 Å². The Labute approximate surface area is 87.9 Å². The number of hydrogen-bond donors (Lipinski definition) is 2. The van der Waals surface area contributed by atoms with Crippen molar-refractivity contribution in [2.24, 2.45) is 0 Å². The van der Waals surface area contributed by atoms with Crippen molar-refractivity contribution in [2.45, 2.75) is 19.9 Å². The maximum Gasteiger partial charge on any atom is 0.338 e. The van der Waals surface area contributed by atoms with Crippen LogP contribution in [0.2, 0.25) is 0 Å². The fourth-order valence-electron chi connectivity index (χ4n) is 1.30. The number of allylic oxidation sites excluding steroid dienone is 1. The van der Waals surface area contributed by atoms with Crippen molar-refractivity contribution in [3.05, 3.63) is 11.3 Å². The molecule has 0 aromatic heterocycles. The second-order valence-electron chi connectivity index (χ2n) is 2.96. The first-order valence-corrected chi connectivity index (χ1v) is 4.51. The molecule has 0 fully saturated rings. The number of ether oxygens (including phenoxy) is 1. The zero-order valence-electron chi connectivity index (χ0n) is 8.59. The predicted molar refractivity (Wildman–Crippen MR) is 53.6 cm³/mol. The lowest BCUT2D eigenvalue weighted by Crippen LogP contribution is -2.49. The SMILES string of the molecule is C#CC1NC(=O)NC(C)=C1C(=O)OCC. The summed E-state index contributed by atoms with van der Waals surface area (Å²) in [4.78, 5) is 22.6. The summed E-state index contributed by atoms with van der Waals surface area (Å²) in [5.74, 6) is 1.81. The molecular formula is C10H12N2O3. The van der Waals surface area contributed by atoms with Gasteiger partial charge in [0.1, 0.15) is 6.04 Å². The van der Waals surface area contributed by atoms with Crippen molar-refractivity contribution in [3.63, 3.8) is 0 Å². The Bertz CT molecular complexity index is 365. The number of esters is 1. The highest BCUT2D eigenvalue weighted by Gasteiger charge is 2.29. The molecule has 15 heavy (non-hydrogen) atoms. The summed E-state index contributed by atoms with van der Waals surface area (Å²) in [6, 6.07) is -1.14. The summed E-state index contributed by atoms with van der Waals surface area (Å²) >= 11 is 0. The molecule has 5 nitrogen and oxygen atoms in total. The number of terminal acetylenes is 1. The molecule has 1 atom stereocenters. The van der Waals surface area contributed by atoms with Crippen LogP contribution in [0.15, 0.2) is 11.3 Å². The molecule has 0 aromatic rings. The molecule has 1 unspecified atom stereocenters. The Morgan fingerprint density at radius 2 is 2.33 bits per heavy atom. The standard InChI is InChI=1S/C10H12N2O3/c1-4-7-8(9(13)15-5-2)6(3)11-10(14)12-7/h1,7H,5H2,2-3H3,(H2,11,12,14). The van der Waals surface area contributed by atoms with Crippen LogP contribution >= 0.6 is 0 Å². The van der Waals surface area contributed by atoms with Gasteiger partial charge in [-0.15, -0.1) is 6.42 Å². The number of urea groups is 1. The Hall–Kier alpha value is -1.96. The van der Waals surface area contributed by atoms with Crippen molar-refractivity contribution >= 4 is 12.0 Å². The van der Waals surface area contributed by atoms with Gasteiger partial charge in [0, 0.05) is 5.70 Å². The molecule has 80 valence electrons. The van der Waals surface area contributed by atoms with Crippen molar-refractivity contribution in [3.8, 4) is 12.3 Å². The Morgan fingerprint density at radius 3 is 2.87 bits per heavy atom. The molecule has 0 aliphatic carbocycles. The molecule has 2 N–H and O–H groups in total. The van der Waals surface area contributed by atoms with E-state index in [9.17, 15) is 9.59 Å². The maximum atomic E-state index is 11.5. The largest absolute Gasteiger partial charge is 0.462 e. The summed E-state index contributed by atoms with van der Waals surface area (Å²) in [5.41, 5.74) is 0.708. The molecule has 0 bridgehead atoms. The minimum atomic E-state index is -0.724. The van der Waals surface area contributed by atoms with Crippen LogP contribution in [0, 0.1) is 12.3 Å². The van der Waals surface area contributed by atoms with Crippen molar-refractivity contribution in [1.29, 1.82) is 0 Å². The average molecular weight is 208 g/mol. The summed E-state index contributed by atoms with van der Waals surface area (Å²) < 4.78 is 4.84. The number of nitrogens with one attached hydrogen (secondary N) is 2. The normalized spacial score (nSPS) is 20.1. The van der Waals surface area contributed by atoms with Crippen LogP contribution in [0.3, 0.4) is 0 Å². The first-order chi connectivity index (χ1) is 7.10. The third-order valence-corrected chi connectivity index (χ3v) is 1.93. The predicted octanol–water partition coefficient (Wildman–Crippen LogP) is 0.138.